The van der Waals surface area contributed by atoms with E-state index < -0.39 is 36.6 Å². The fourth-order valence-electron chi connectivity index (χ4n) is 4.17. The molecule has 0 heterocycles. The number of benzene rings is 2. The molecule has 0 aromatic heterocycles. The van der Waals surface area contributed by atoms with E-state index in [1.165, 1.54) is 0 Å². The van der Waals surface area contributed by atoms with Crippen LogP contribution in [0.3, 0.4) is 0 Å². The van der Waals surface area contributed by atoms with Crippen molar-refractivity contribution in [1.29, 1.82) is 0 Å². The Bertz CT molecular complexity index is 1030. The fourth-order valence-corrected chi connectivity index (χ4v) is 4.17. The number of carboxylic acid groups (broad SMARTS) is 1. The molecule has 35 heavy (non-hydrogen) atoms. The molecule has 2 amide bonds. The molecule has 0 saturated carbocycles. The normalized spacial score (nSPS) is 14.4. The van der Waals surface area contributed by atoms with E-state index in [0.717, 1.165) is 22.3 Å². The zero-order valence-corrected chi connectivity index (χ0v) is 19.1. The molecule has 2 atom stereocenters. The van der Waals surface area contributed by atoms with Crippen LogP contribution in [0.4, 0.5) is 18.0 Å². The molecule has 0 bridgehead atoms. The van der Waals surface area contributed by atoms with Gasteiger partial charge in [-0.2, -0.15) is 13.2 Å². The smallest absolute Gasteiger partial charge is 0.409 e. The predicted molar refractivity (Wildman–Crippen MR) is 122 cm³/mol. The van der Waals surface area contributed by atoms with E-state index in [0.29, 0.717) is 6.42 Å². The second kappa shape index (κ2) is 11.2. The number of hydrogen-bond acceptors (Lipinski definition) is 4. The highest BCUT2D eigenvalue weighted by atomic mass is 19.4. The topological polar surface area (TPSA) is 105 Å². The molecule has 188 valence electrons. The van der Waals surface area contributed by atoms with Gasteiger partial charge in [-0.25, -0.2) is 4.79 Å². The van der Waals surface area contributed by atoms with E-state index in [2.05, 4.69) is 5.32 Å². The number of rotatable bonds is 10. The van der Waals surface area contributed by atoms with Crippen molar-refractivity contribution >= 4 is 18.0 Å². The molecule has 2 aromatic rings. The van der Waals surface area contributed by atoms with Gasteiger partial charge in [0.1, 0.15) is 12.6 Å². The van der Waals surface area contributed by atoms with E-state index >= 15 is 0 Å². The zero-order chi connectivity index (χ0) is 25.6. The summed E-state index contributed by atoms with van der Waals surface area (Å²) in [6.45, 7) is 1.85. The van der Waals surface area contributed by atoms with Crippen molar-refractivity contribution in [3.05, 3.63) is 59.7 Å². The Labute approximate surface area is 200 Å². The van der Waals surface area contributed by atoms with Crippen LogP contribution in [0.15, 0.2) is 48.5 Å². The molecule has 0 aliphatic heterocycles. The van der Waals surface area contributed by atoms with E-state index in [4.69, 9.17) is 9.84 Å². The summed E-state index contributed by atoms with van der Waals surface area (Å²) in [6, 6.07) is 13.1. The number of amides is 2. The SMILES string of the molecule is CC(CCCC(=O)NC(CC(=O)O)C(F)(F)F)NC(=O)OCC1c2ccccc2-c2ccccc21. The van der Waals surface area contributed by atoms with Gasteiger partial charge in [0.05, 0.1) is 6.42 Å². The minimum Gasteiger partial charge on any atom is -0.481 e. The van der Waals surface area contributed by atoms with Gasteiger partial charge in [-0.15, -0.1) is 0 Å². The monoisotopic (exact) mass is 492 g/mol. The Morgan fingerprint density at radius 3 is 2.11 bits per heavy atom. The number of fused-ring (bicyclic) bond motifs is 3. The summed E-state index contributed by atoms with van der Waals surface area (Å²) < 4.78 is 44.0. The third kappa shape index (κ3) is 6.97. The Hall–Kier alpha value is -3.56. The summed E-state index contributed by atoms with van der Waals surface area (Å²) >= 11 is 0. The zero-order valence-electron chi connectivity index (χ0n) is 19.1. The highest BCUT2D eigenvalue weighted by Gasteiger charge is 2.41. The number of aliphatic carboxylic acids is 1. The molecule has 0 saturated heterocycles. The number of hydrogen-bond donors (Lipinski definition) is 3. The molecule has 3 rings (SSSR count). The molecule has 0 radical (unpaired) electrons. The van der Waals surface area contributed by atoms with Crippen molar-refractivity contribution < 1.29 is 37.4 Å². The summed E-state index contributed by atoms with van der Waals surface area (Å²) in [6.07, 6.45) is -6.42. The number of ether oxygens (including phenoxy) is 1. The van der Waals surface area contributed by atoms with Gasteiger partial charge < -0.3 is 20.5 Å². The highest BCUT2D eigenvalue weighted by Crippen LogP contribution is 2.44. The van der Waals surface area contributed by atoms with Crippen LogP contribution >= 0.6 is 0 Å². The van der Waals surface area contributed by atoms with Gasteiger partial charge in [0.15, 0.2) is 0 Å². The van der Waals surface area contributed by atoms with Crippen LogP contribution in [0, 0.1) is 0 Å². The number of alkyl carbamates (subject to hydrolysis) is 1. The summed E-state index contributed by atoms with van der Waals surface area (Å²) in [4.78, 5) is 34.7. The summed E-state index contributed by atoms with van der Waals surface area (Å²) in [5.74, 6) is -2.64. The maximum Gasteiger partial charge on any atom is 0.409 e. The van der Waals surface area contributed by atoms with Crippen LogP contribution in [0.2, 0.25) is 0 Å². The van der Waals surface area contributed by atoms with E-state index in [1.807, 2.05) is 48.5 Å². The minimum atomic E-state index is -4.85. The summed E-state index contributed by atoms with van der Waals surface area (Å²) in [5, 5.41) is 13.0. The van der Waals surface area contributed by atoms with Crippen molar-refractivity contribution in [2.24, 2.45) is 0 Å². The second-order valence-corrected chi connectivity index (χ2v) is 8.52. The number of alkyl halides is 3. The van der Waals surface area contributed by atoms with Crippen molar-refractivity contribution in [3.8, 4) is 11.1 Å². The van der Waals surface area contributed by atoms with Crippen molar-refractivity contribution in [2.75, 3.05) is 6.61 Å². The van der Waals surface area contributed by atoms with E-state index in [9.17, 15) is 27.6 Å². The lowest BCUT2D eigenvalue weighted by Crippen LogP contribution is -2.46. The summed E-state index contributed by atoms with van der Waals surface area (Å²) in [5.41, 5.74) is 4.39. The maximum absolute atomic E-state index is 12.8. The van der Waals surface area contributed by atoms with Crippen molar-refractivity contribution in [1.82, 2.24) is 10.6 Å². The molecule has 10 heteroatoms. The van der Waals surface area contributed by atoms with Gasteiger partial charge in [0, 0.05) is 18.4 Å². The number of nitrogens with one attached hydrogen (secondary N) is 2. The van der Waals surface area contributed by atoms with Gasteiger partial charge in [0.25, 0.3) is 0 Å². The lowest BCUT2D eigenvalue weighted by molar-refractivity contribution is -0.170. The second-order valence-electron chi connectivity index (χ2n) is 8.52. The molecule has 7 nitrogen and oxygen atoms in total. The molecule has 0 spiro atoms. The third-order valence-corrected chi connectivity index (χ3v) is 5.86. The lowest BCUT2D eigenvalue weighted by atomic mass is 9.98. The Kier molecular flexibility index (Phi) is 8.37. The molecule has 2 unspecified atom stereocenters. The highest BCUT2D eigenvalue weighted by molar-refractivity contribution is 5.79. The average Bonchev–Trinajstić information content (AvgIpc) is 3.10. The first-order chi connectivity index (χ1) is 16.6. The van der Waals surface area contributed by atoms with Crippen LogP contribution in [0.1, 0.15) is 49.7 Å². The third-order valence-electron chi connectivity index (χ3n) is 5.86. The molecule has 1 aliphatic carbocycles. The largest absolute Gasteiger partial charge is 0.481 e. The standard InChI is InChI=1S/C25H27F3N2O5/c1-15(7-6-12-22(31)30-21(13-23(32)33)25(26,27)28)29-24(34)35-14-20-18-10-4-2-8-16(18)17-9-3-5-11-19(17)20/h2-5,8-11,15,20-21H,6-7,12-14H2,1H3,(H,29,34)(H,30,31)(H,32,33). The molecule has 3 N–H and O–H groups in total. The predicted octanol–water partition coefficient (Wildman–Crippen LogP) is 4.61. The van der Waals surface area contributed by atoms with E-state index in [-0.39, 0.29) is 31.4 Å². The Morgan fingerprint density at radius 2 is 1.57 bits per heavy atom. The molecule has 0 fully saturated rings. The number of carbonyl (C=O) groups is 3. The summed E-state index contributed by atoms with van der Waals surface area (Å²) in [7, 11) is 0. The quantitative estimate of drug-likeness (QED) is 0.450. The van der Waals surface area contributed by atoms with E-state index in [1.54, 1.807) is 12.2 Å². The Morgan fingerprint density at radius 1 is 1.00 bits per heavy atom. The van der Waals surface area contributed by atoms with Gasteiger partial charge in [-0.05, 0) is 42.0 Å². The van der Waals surface area contributed by atoms with Crippen LogP contribution in [0.5, 0.6) is 0 Å². The maximum atomic E-state index is 12.8. The molecule has 1 aliphatic rings. The lowest BCUT2D eigenvalue weighted by Gasteiger charge is -2.20. The first-order valence-corrected chi connectivity index (χ1v) is 11.3. The van der Waals surface area contributed by atoms with Gasteiger partial charge >= 0.3 is 18.2 Å². The van der Waals surface area contributed by atoms with Crippen molar-refractivity contribution in [3.63, 3.8) is 0 Å². The first kappa shape index (κ1) is 26.1. The molecular formula is C25H27F3N2O5. The van der Waals surface area contributed by atoms with Crippen molar-refractivity contribution in [2.45, 2.75) is 56.8 Å². The molecule has 2 aromatic carbocycles. The van der Waals surface area contributed by atoms with Crippen LogP contribution in [-0.2, 0) is 14.3 Å². The van der Waals surface area contributed by atoms with Crippen LogP contribution < -0.4 is 10.6 Å². The van der Waals surface area contributed by atoms with Crippen LogP contribution in [-0.4, -0.2) is 47.9 Å². The van der Waals surface area contributed by atoms with Crippen LogP contribution in [0.25, 0.3) is 11.1 Å². The Balaban J connectivity index is 1.43. The number of carbonyl (C=O) groups excluding carboxylic acids is 2. The average molecular weight is 492 g/mol. The minimum absolute atomic E-state index is 0.0838. The van der Waals surface area contributed by atoms with Gasteiger partial charge in [-0.3, -0.25) is 9.59 Å². The van der Waals surface area contributed by atoms with Gasteiger partial charge in [-0.1, -0.05) is 48.5 Å². The first-order valence-electron chi connectivity index (χ1n) is 11.3. The fraction of sp³-hybridized carbons (Fsp3) is 0.400. The molecular weight excluding hydrogens is 465 g/mol. The number of carboxylic acids is 1. The van der Waals surface area contributed by atoms with Gasteiger partial charge in [0.2, 0.25) is 5.91 Å². The number of halogens is 3.